The third kappa shape index (κ3) is 5.02. The second-order valence-corrected chi connectivity index (χ2v) is 5.40. The lowest BCUT2D eigenvalue weighted by Crippen LogP contribution is -2.39. The Morgan fingerprint density at radius 2 is 2.00 bits per heavy atom. The van der Waals surface area contributed by atoms with Crippen LogP contribution in [0.1, 0.15) is 25.8 Å². The molecule has 4 nitrogen and oxygen atoms in total. The van der Waals surface area contributed by atoms with Crippen LogP contribution in [0.5, 0.6) is 0 Å². The van der Waals surface area contributed by atoms with Crippen molar-refractivity contribution in [2.75, 3.05) is 13.1 Å². The summed E-state index contributed by atoms with van der Waals surface area (Å²) >= 11 is 0. The molecule has 108 valence electrons. The Morgan fingerprint density at radius 3 is 2.50 bits per heavy atom. The molecule has 1 atom stereocenters. The molecule has 0 aliphatic carbocycles. The Labute approximate surface area is 121 Å². The third-order valence-corrected chi connectivity index (χ3v) is 3.18. The van der Waals surface area contributed by atoms with Crippen LogP contribution >= 0.6 is 0 Å². The standard InChI is InChI=1S/C16H23N3O/c1-13(2)10-15(11-18)16(20)19(9-8-17)12-14-6-4-3-5-7-14/h3-7,13,15H,9-12,18H2,1-2H3. The summed E-state index contributed by atoms with van der Waals surface area (Å²) in [6, 6.07) is 11.8. The van der Waals surface area contributed by atoms with Gasteiger partial charge in [-0.1, -0.05) is 44.2 Å². The lowest BCUT2D eigenvalue weighted by molar-refractivity contribution is -0.135. The second-order valence-electron chi connectivity index (χ2n) is 5.40. The van der Waals surface area contributed by atoms with Gasteiger partial charge in [0.1, 0.15) is 6.54 Å². The molecule has 0 bridgehead atoms. The molecule has 0 fully saturated rings. The van der Waals surface area contributed by atoms with Gasteiger partial charge in [-0.05, 0) is 17.9 Å². The fourth-order valence-electron chi connectivity index (χ4n) is 2.23. The molecule has 0 spiro atoms. The number of nitrogens with zero attached hydrogens (tertiary/aromatic N) is 2. The maximum Gasteiger partial charge on any atom is 0.228 e. The maximum absolute atomic E-state index is 12.5. The molecular formula is C16H23N3O. The van der Waals surface area contributed by atoms with Crippen LogP contribution in [-0.2, 0) is 11.3 Å². The molecule has 1 aromatic carbocycles. The second kappa shape index (κ2) is 8.34. The molecule has 1 rings (SSSR count). The monoisotopic (exact) mass is 273 g/mol. The first-order chi connectivity index (χ1) is 9.58. The predicted molar refractivity (Wildman–Crippen MR) is 79.5 cm³/mol. The molecule has 0 saturated carbocycles. The van der Waals surface area contributed by atoms with Crippen molar-refractivity contribution in [1.82, 2.24) is 4.90 Å². The Bertz CT molecular complexity index is 451. The number of amides is 1. The first kappa shape index (κ1) is 16.2. The molecule has 0 aliphatic heterocycles. The van der Waals surface area contributed by atoms with Crippen LogP contribution in [-0.4, -0.2) is 23.9 Å². The van der Waals surface area contributed by atoms with E-state index in [1.165, 1.54) is 0 Å². The van der Waals surface area contributed by atoms with Crippen molar-refractivity contribution in [3.05, 3.63) is 35.9 Å². The van der Waals surface area contributed by atoms with E-state index in [9.17, 15) is 4.79 Å². The van der Waals surface area contributed by atoms with E-state index < -0.39 is 0 Å². The number of benzene rings is 1. The van der Waals surface area contributed by atoms with E-state index in [2.05, 4.69) is 19.9 Å². The van der Waals surface area contributed by atoms with Crippen LogP contribution in [0.25, 0.3) is 0 Å². The van der Waals surface area contributed by atoms with Crippen LogP contribution < -0.4 is 5.73 Å². The van der Waals surface area contributed by atoms with Crippen LogP contribution in [0.4, 0.5) is 0 Å². The quantitative estimate of drug-likeness (QED) is 0.774. The normalized spacial score (nSPS) is 11.9. The van der Waals surface area contributed by atoms with Gasteiger partial charge in [-0.3, -0.25) is 4.79 Å². The summed E-state index contributed by atoms with van der Waals surface area (Å²) in [4.78, 5) is 14.1. The van der Waals surface area contributed by atoms with Crippen molar-refractivity contribution in [2.45, 2.75) is 26.8 Å². The Morgan fingerprint density at radius 1 is 1.35 bits per heavy atom. The Balaban J connectivity index is 2.79. The van der Waals surface area contributed by atoms with Gasteiger partial charge in [0.05, 0.1) is 12.0 Å². The summed E-state index contributed by atoms with van der Waals surface area (Å²) in [5.41, 5.74) is 6.74. The summed E-state index contributed by atoms with van der Waals surface area (Å²) in [7, 11) is 0. The van der Waals surface area contributed by atoms with Gasteiger partial charge in [-0.2, -0.15) is 5.26 Å². The summed E-state index contributed by atoms with van der Waals surface area (Å²) < 4.78 is 0. The van der Waals surface area contributed by atoms with E-state index in [-0.39, 0.29) is 18.4 Å². The molecule has 1 aromatic rings. The molecule has 4 heteroatoms. The number of carbonyl (C=O) groups excluding carboxylic acids is 1. The minimum atomic E-state index is -0.202. The van der Waals surface area contributed by atoms with Gasteiger partial charge < -0.3 is 10.6 Å². The summed E-state index contributed by atoms with van der Waals surface area (Å²) in [5, 5.41) is 8.92. The molecule has 2 N–H and O–H groups in total. The van der Waals surface area contributed by atoms with E-state index in [4.69, 9.17) is 11.0 Å². The SMILES string of the molecule is CC(C)CC(CN)C(=O)N(CC#N)Cc1ccccc1. The molecule has 20 heavy (non-hydrogen) atoms. The van der Waals surface area contributed by atoms with Crippen molar-refractivity contribution in [3.63, 3.8) is 0 Å². The van der Waals surface area contributed by atoms with Crippen LogP contribution in [0.3, 0.4) is 0 Å². The average Bonchev–Trinajstić information content (AvgIpc) is 2.44. The Hall–Kier alpha value is -1.86. The smallest absolute Gasteiger partial charge is 0.228 e. The van der Waals surface area contributed by atoms with Crippen LogP contribution in [0, 0.1) is 23.2 Å². The lowest BCUT2D eigenvalue weighted by atomic mass is 9.95. The molecular weight excluding hydrogens is 250 g/mol. The van der Waals surface area contributed by atoms with Gasteiger partial charge in [0.2, 0.25) is 5.91 Å². The largest absolute Gasteiger partial charge is 0.330 e. The number of nitrogens with two attached hydrogens (primary N) is 1. The molecule has 0 aliphatic rings. The first-order valence-corrected chi connectivity index (χ1v) is 6.98. The molecule has 1 amide bonds. The number of hydrogen-bond acceptors (Lipinski definition) is 3. The van der Waals surface area contributed by atoms with Gasteiger partial charge in [0, 0.05) is 13.1 Å². The fraction of sp³-hybridized carbons (Fsp3) is 0.500. The average molecular weight is 273 g/mol. The number of hydrogen-bond donors (Lipinski definition) is 1. The van der Waals surface area contributed by atoms with Crippen molar-refractivity contribution in [1.29, 1.82) is 5.26 Å². The molecule has 0 saturated heterocycles. The molecule has 0 heterocycles. The Kier molecular flexibility index (Phi) is 6.75. The molecule has 0 radical (unpaired) electrons. The van der Waals surface area contributed by atoms with E-state index in [1.807, 2.05) is 30.3 Å². The lowest BCUT2D eigenvalue weighted by Gasteiger charge is -2.25. The van der Waals surface area contributed by atoms with Crippen molar-refractivity contribution in [3.8, 4) is 6.07 Å². The summed E-state index contributed by atoms with van der Waals surface area (Å²) in [6.07, 6.45) is 0.756. The van der Waals surface area contributed by atoms with Gasteiger partial charge in [0.15, 0.2) is 0 Å². The highest BCUT2D eigenvalue weighted by molar-refractivity contribution is 5.79. The maximum atomic E-state index is 12.5. The minimum Gasteiger partial charge on any atom is -0.330 e. The number of carbonyl (C=O) groups is 1. The van der Waals surface area contributed by atoms with Gasteiger partial charge in [0.25, 0.3) is 0 Å². The molecule has 0 aromatic heterocycles. The zero-order valence-corrected chi connectivity index (χ0v) is 12.2. The number of nitriles is 1. The summed E-state index contributed by atoms with van der Waals surface area (Å²) in [5.74, 6) is 0.187. The minimum absolute atomic E-state index is 0.0217. The highest BCUT2D eigenvalue weighted by Crippen LogP contribution is 2.15. The van der Waals surface area contributed by atoms with E-state index in [1.54, 1.807) is 4.90 Å². The number of rotatable bonds is 7. The van der Waals surface area contributed by atoms with E-state index in [0.717, 1.165) is 12.0 Å². The highest BCUT2D eigenvalue weighted by atomic mass is 16.2. The van der Waals surface area contributed by atoms with Crippen molar-refractivity contribution >= 4 is 5.91 Å². The fourth-order valence-corrected chi connectivity index (χ4v) is 2.23. The van der Waals surface area contributed by atoms with Crippen molar-refractivity contribution < 1.29 is 4.79 Å². The molecule has 1 unspecified atom stereocenters. The predicted octanol–water partition coefficient (Wildman–Crippen LogP) is 2.16. The van der Waals surface area contributed by atoms with Crippen LogP contribution in [0.15, 0.2) is 30.3 Å². The van der Waals surface area contributed by atoms with Gasteiger partial charge >= 0.3 is 0 Å². The van der Waals surface area contributed by atoms with Gasteiger partial charge in [-0.15, -0.1) is 0 Å². The first-order valence-electron chi connectivity index (χ1n) is 6.98. The third-order valence-electron chi connectivity index (χ3n) is 3.18. The van der Waals surface area contributed by atoms with E-state index >= 15 is 0 Å². The summed E-state index contributed by atoms with van der Waals surface area (Å²) in [6.45, 7) is 5.03. The van der Waals surface area contributed by atoms with E-state index in [0.29, 0.717) is 19.0 Å². The van der Waals surface area contributed by atoms with Crippen LogP contribution in [0.2, 0.25) is 0 Å². The zero-order valence-electron chi connectivity index (χ0n) is 12.2. The highest BCUT2D eigenvalue weighted by Gasteiger charge is 2.23. The van der Waals surface area contributed by atoms with Gasteiger partial charge in [-0.25, -0.2) is 0 Å². The van der Waals surface area contributed by atoms with Crippen molar-refractivity contribution in [2.24, 2.45) is 17.6 Å². The topological polar surface area (TPSA) is 70.1 Å². The zero-order chi connectivity index (χ0) is 15.0.